The molecule has 1 aliphatic heterocycles. The zero-order valence-electron chi connectivity index (χ0n) is 12.6. The van der Waals surface area contributed by atoms with Gasteiger partial charge in [-0.1, -0.05) is 24.3 Å². The van der Waals surface area contributed by atoms with Gasteiger partial charge in [0.1, 0.15) is 22.9 Å². The zero-order valence-corrected chi connectivity index (χ0v) is 13.5. The van der Waals surface area contributed by atoms with Crippen molar-refractivity contribution in [3.05, 3.63) is 35.4 Å². The van der Waals surface area contributed by atoms with Crippen molar-refractivity contribution >= 4 is 34.8 Å². The van der Waals surface area contributed by atoms with Crippen LogP contribution in [0.4, 0.5) is 4.79 Å². The molecule has 1 atom stereocenters. The molecule has 0 spiro atoms. The smallest absolute Gasteiger partial charge is 0.298 e. The molecule has 128 valence electrons. The number of nitrogens with one attached hydrogen (secondary N) is 1. The predicted octanol–water partition coefficient (Wildman–Crippen LogP) is -0.262. The lowest BCUT2D eigenvalue weighted by Crippen LogP contribution is -2.58. The lowest BCUT2D eigenvalue weighted by Gasteiger charge is -2.30. The summed E-state index contributed by atoms with van der Waals surface area (Å²) >= 11 is 0. The van der Waals surface area contributed by atoms with Crippen molar-refractivity contribution in [2.75, 3.05) is 12.3 Å². The van der Waals surface area contributed by atoms with Crippen molar-refractivity contribution in [2.45, 2.75) is 12.8 Å². The fraction of sp³-hybridized carbons (Fsp3) is 0.333. The molecule has 1 aromatic rings. The van der Waals surface area contributed by atoms with Crippen LogP contribution in [-0.2, 0) is 26.7 Å². The van der Waals surface area contributed by atoms with Crippen LogP contribution in [0.15, 0.2) is 24.3 Å². The summed E-state index contributed by atoms with van der Waals surface area (Å²) in [5.74, 6) is -2.54. The minimum atomic E-state index is -2.59. The van der Waals surface area contributed by atoms with Crippen molar-refractivity contribution in [1.82, 2.24) is 10.2 Å². The second kappa shape index (κ2) is 7.82. The molecule has 4 amide bonds. The van der Waals surface area contributed by atoms with E-state index in [1.54, 1.807) is 24.3 Å². The number of rotatable bonds is 7. The maximum Gasteiger partial charge on any atom is 0.330 e. The number of carbonyl (C=O) groups excluding carboxylic acids is 4. The van der Waals surface area contributed by atoms with Gasteiger partial charge in [0.05, 0.1) is 0 Å². The van der Waals surface area contributed by atoms with Crippen molar-refractivity contribution in [2.24, 2.45) is 5.92 Å². The van der Waals surface area contributed by atoms with Crippen LogP contribution in [0.1, 0.15) is 22.3 Å². The van der Waals surface area contributed by atoms with Crippen LogP contribution in [0, 0.1) is 5.92 Å². The number of aldehydes is 1. The monoisotopic (exact) mass is 352 g/mol. The summed E-state index contributed by atoms with van der Waals surface area (Å²) < 4.78 is 21.1. The van der Waals surface area contributed by atoms with E-state index in [4.69, 9.17) is 0 Å². The topological polar surface area (TPSA) is 118 Å². The Kier molecular flexibility index (Phi) is 5.80. The number of urea groups is 1. The molecule has 9 heteroatoms. The molecule has 2 rings (SSSR count). The molecule has 1 fully saturated rings. The van der Waals surface area contributed by atoms with E-state index in [-0.39, 0.29) is 25.1 Å². The molecular weight excluding hydrogens is 336 g/mol. The van der Waals surface area contributed by atoms with E-state index in [1.165, 1.54) is 0 Å². The van der Waals surface area contributed by atoms with Crippen LogP contribution in [-0.4, -0.2) is 49.7 Å². The largest absolute Gasteiger partial charge is 0.330 e. The van der Waals surface area contributed by atoms with Crippen LogP contribution in [0.2, 0.25) is 0 Å². The number of barbiturate groups is 1. The average molecular weight is 352 g/mol. The fourth-order valence-electron chi connectivity index (χ4n) is 2.38. The quantitative estimate of drug-likeness (QED) is 0.396. The first-order valence-corrected chi connectivity index (χ1v) is 8.60. The van der Waals surface area contributed by atoms with Gasteiger partial charge in [-0.3, -0.25) is 24.6 Å². The summed E-state index contributed by atoms with van der Waals surface area (Å²) in [4.78, 5) is 47.6. The van der Waals surface area contributed by atoms with Crippen LogP contribution in [0.3, 0.4) is 0 Å². The standard InChI is InChI=1S/C15H16N2O6S/c18-9-11-4-2-10(3-5-11)8-12-13(19)16-15(21)17(14(12)20)6-1-7-24(22)23/h2-5,9,12,24H,1,6-8H2,(H,16,19,21). The Bertz CT molecular complexity index is 733. The number of carbonyl (C=O) groups is 4. The normalized spacial score (nSPS) is 18.0. The molecule has 8 nitrogen and oxygen atoms in total. The summed E-state index contributed by atoms with van der Waals surface area (Å²) in [5, 5.41) is 2.11. The van der Waals surface area contributed by atoms with Crippen LogP contribution in [0.5, 0.6) is 0 Å². The summed E-state index contributed by atoms with van der Waals surface area (Å²) in [6.07, 6.45) is 0.889. The number of hydrogen-bond acceptors (Lipinski definition) is 6. The van der Waals surface area contributed by atoms with Crippen molar-refractivity contribution in [1.29, 1.82) is 0 Å². The van der Waals surface area contributed by atoms with E-state index in [9.17, 15) is 27.6 Å². The van der Waals surface area contributed by atoms with Gasteiger partial charge < -0.3 is 0 Å². The van der Waals surface area contributed by atoms with Gasteiger partial charge in [0.15, 0.2) is 0 Å². The van der Waals surface area contributed by atoms with Gasteiger partial charge in [0.2, 0.25) is 11.8 Å². The van der Waals surface area contributed by atoms with Gasteiger partial charge in [0, 0.05) is 17.9 Å². The molecule has 24 heavy (non-hydrogen) atoms. The Hall–Kier alpha value is -2.55. The molecule has 1 heterocycles. The first-order valence-electron chi connectivity index (χ1n) is 7.24. The van der Waals surface area contributed by atoms with E-state index >= 15 is 0 Å². The van der Waals surface area contributed by atoms with Gasteiger partial charge in [-0.2, -0.15) is 0 Å². The minimum absolute atomic E-state index is 0.0676. The first kappa shape index (κ1) is 17.8. The maximum absolute atomic E-state index is 12.4. The number of thiol groups is 1. The van der Waals surface area contributed by atoms with Gasteiger partial charge in [0.25, 0.3) is 0 Å². The van der Waals surface area contributed by atoms with Crippen molar-refractivity contribution in [3.8, 4) is 0 Å². The molecule has 0 aromatic heterocycles. The molecule has 1 saturated heterocycles. The Balaban J connectivity index is 2.09. The van der Waals surface area contributed by atoms with Crippen LogP contribution >= 0.6 is 0 Å². The maximum atomic E-state index is 12.4. The average Bonchev–Trinajstić information content (AvgIpc) is 2.55. The summed E-state index contributed by atoms with van der Waals surface area (Å²) in [5.41, 5.74) is 1.15. The van der Waals surface area contributed by atoms with E-state index in [2.05, 4.69) is 5.32 Å². The zero-order chi connectivity index (χ0) is 17.7. The van der Waals surface area contributed by atoms with E-state index < -0.39 is 34.5 Å². The molecular formula is C15H16N2O6S. The SMILES string of the molecule is O=Cc1ccc(CC2C(=O)NC(=O)N(CCC[SH](=O)=O)C2=O)cc1. The molecule has 1 aromatic carbocycles. The molecule has 1 N–H and O–H groups in total. The third-order valence-corrected chi connectivity index (χ3v) is 4.32. The number of benzene rings is 1. The minimum Gasteiger partial charge on any atom is -0.298 e. The van der Waals surface area contributed by atoms with Gasteiger partial charge in [-0.25, -0.2) is 13.2 Å². The van der Waals surface area contributed by atoms with Crippen molar-refractivity contribution < 1.29 is 27.6 Å². The number of nitrogens with zero attached hydrogens (tertiary/aromatic N) is 1. The molecule has 1 aliphatic rings. The Morgan fingerprint density at radius 2 is 1.79 bits per heavy atom. The van der Waals surface area contributed by atoms with E-state index in [0.717, 1.165) is 4.90 Å². The summed E-state index contributed by atoms with van der Waals surface area (Å²) in [6, 6.07) is 5.57. The third kappa shape index (κ3) is 4.25. The van der Waals surface area contributed by atoms with E-state index in [0.29, 0.717) is 17.4 Å². The summed E-state index contributed by atoms with van der Waals surface area (Å²) in [6.45, 7) is -0.0676. The highest BCUT2D eigenvalue weighted by Gasteiger charge is 2.39. The Morgan fingerprint density at radius 3 is 2.38 bits per heavy atom. The number of hydrogen-bond donors (Lipinski definition) is 2. The first-order chi connectivity index (χ1) is 11.4. The number of amides is 4. The third-order valence-electron chi connectivity index (χ3n) is 3.63. The molecule has 0 saturated carbocycles. The summed E-state index contributed by atoms with van der Waals surface area (Å²) in [7, 11) is -2.59. The van der Waals surface area contributed by atoms with Crippen LogP contribution < -0.4 is 5.32 Å². The van der Waals surface area contributed by atoms with Gasteiger partial charge in [-0.15, -0.1) is 0 Å². The second-order valence-electron chi connectivity index (χ2n) is 5.31. The second-order valence-corrected chi connectivity index (χ2v) is 6.42. The molecule has 0 bridgehead atoms. The molecule has 0 radical (unpaired) electrons. The van der Waals surface area contributed by atoms with Crippen LogP contribution in [0.25, 0.3) is 0 Å². The fourth-order valence-corrected chi connectivity index (χ4v) is 2.78. The Morgan fingerprint density at radius 1 is 1.12 bits per heavy atom. The Labute approximate surface area is 139 Å². The lowest BCUT2D eigenvalue weighted by atomic mass is 9.95. The van der Waals surface area contributed by atoms with E-state index in [1.807, 2.05) is 0 Å². The van der Waals surface area contributed by atoms with Gasteiger partial charge >= 0.3 is 6.03 Å². The molecule has 1 unspecified atom stereocenters. The highest BCUT2D eigenvalue weighted by Crippen LogP contribution is 2.17. The number of imide groups is 2. The highest BCUT2D eigenvalue weighted by molar-refractivity contribution is 7.72. The lowest BCUT2D eigenvalue weighted by molar-refractivity contribution is -0.142. The van der Waals surface area contributed by atoms with Crippen molar-refractivity contribution in [3.63, 3.8) is 0 Å². The van der Waals surface area contributed by atoms with Gasteiger partial charge in [-0.05, 0) is 18.4 Å². The predicted molar refractivity (Wildman–Crippen MR) is 84.1 cm³/mol. The molecule has 0 aliphatic carbocycles. The highest BCUT2D eigenvalue weighted by atomic mass is 32.2.